The second-order valence-corrected chi connectivity index (χ2v) is 6.27. The van der Waals surface area contributed by atoms with E-state index in [1.165, 1.54) is 5.56 Å². The number of amides is 1. The Morgan fingerprint density at radius 2 is 2.23 bits per heavy atom. The minimum atomic E-state index is -0.272. The van der Waals surface area contributed by atoms with Gasteiger partial charge in [0.25, 0.3) is 5.91 Å². The van der Waals surface area contributed by atoms with Gasteiger partial charge in [0.05, 0.1) is 5.69 Å². The van der Waals surface area contributed by atoms with E-state index < -0.39 is 0 Å². The highest BCUT2D eigenvalue weighted by Gasteiger charge is 2.35. The molecule has 0 saturated carbocycles. The predicted molar refractivity (Wildman–Crippen MR) is 84.2 cm³/mol. The monoisotopic (exact) mass is 300 g/mol. The summed E-state index contributed by atoms with van der Waals surface area (Å²) in [6, 6.07) is 6.04. The molecule has 0 bridgehead atoms. The van der Waals surface area contributed by atoms with Crippen molar-refractivity contribution in [2.24, 2.45) is 11.0 Å². The van der Waals surface area contributed by atoms with Crippen molar-refractivity contribution in [2.75, 3.05) is 24.6 Å². The number of carbonyl (C=O) groups is 1. The molecule has 1 aromatic carbocycles. The fraction of sp³-hybridized carbons (Fsp3) is 0.500. The molecule has 0 radical (unpaired) electrons. The first-order valence-corrected chi connectivity index (χ1v) is 7.78. The van der Waals surface area contributed by atoms with Gasteiger partial charge in [-0.2, -0.15) is 5.10 Å². The fourth-order valence-corrected chi connectivity index (χ4v) is 3.26. The standard InChI is InChI=1S/C16H20N4O2/c1-9(12-6-17-7-12)11-3-4-14-13(5-11)20-10(2)16(21)19-18-15(20)8-22-14/h3-5,9-10,12,17H,6-8H2,1-2H3,(H,19,21)/t9-,10?/m0/s1. The molecule has 3 heterocycles. The molecular weight excluding hydrogens is 280 g/mol. The number of hydrogen-bond donors (Lipinski definition) is 2. The molecule has 2 atom stereocenters. The number of carbonyl (C=O) groups excluding carboxylic acids is 1. The van der Waals surface area contributed by atoms with Crippen LogP contribution in [0.1, 0.15) is 25.3 Å². The van der Waals surface area contributed by atoms with E-state index in [0.29, 0.717) is 18.4 Å². The van der Waals surface area contributed by atoms with Crippen LogP contribution in [0.25, 0.3) is 0 Å². The highest BCUT2D eigenvalue weighted by Crippen LogP contribution is 2.38. The number of hydrogen-bond acceptors (Lipinski definition) is 5. The molecule has 1 saturated heterocycles. The van der Waals surface area contributed by atoms with E-state index >= 15 is 0 Å². The third-order valence-corrected chi connectivity index (χ3v) is 4.99. The molecule has 1 unspecified atom stereocenters. The number of rotatable bonds is 2. The van der Waals surface area contributed by atoms with Gasteiger partial charge in [0.2, 0.25) is 0 Å². The van der Waals surface area contributed by atoms with Gasteiger partial charge in [-0.25, -0.2) is 5.43 Å². The van der Waals surface area contributed by atoms with Crippen molar-refractivity contribution in [3.8, 4) is 5.75 Å². The van der Waals surface area contributed by atoms with Gasteiger partial charge in [-0.05, 0) is 49.5 Å². The Morgan fingerprint density at radius 3 is 2.95 bits per heavy atom. The first-order valence-electron chi connectivity index (χ1n) is 7.78. The fourth-order valence-electron chi connectivity index (χ4n) is 3.26. The topological polar surface area (TPSA) is 66.0 Å². The van der Waals surface area contributed by atoms with Crippen molar-refractivity contribution >= 4 is 17.4 Å². The van der Waals surface area contributed by atoms with E-state index in [4.69, 9.17) is 4.74 Å². The van der Waals surface area contributed by atoms with Crippen LogP contribution in [0.4, 0.5) is 5.69 Å². The zero-order valence-electron chi connectivity index (χ0n) is 12.8. The van der Waals surface area contributed by atoms with Crippen LogP contribution in [-0.4, -0.2) is 37.5 Å². The molecule has 3 aliphatic rings. The zero-order chi connectivity index (χ0) is 15.3. The molecule has 0 aliphatic carbocycles. The minimum Gasteiger partial charge on any atom is -0.483 e. The van der Waals surface area contributed by atoms with Gasteiger partial charge in [-0.1, -0.05) is 13.0 Å². The summed E-state index contributed by atoms with van der Waals surface area (Å²) < 4.78 is 5.78. The van der Waals surface area contributed by atoms with Crippen LogP contribution >= 0.6 is 0 Å². The van der Waals surface area contributed by atoms with Crippen LogP contribution in [0.15, 0.2) is 23.3 Å². The van der Waals surface area contributed by atoms with Crippen LogP contribution < -0.4 is 20.4 Å². The molecular formula is C16H20N4O2. The lowest BCUT2D eigenvalue weighted by molar-refractivity contribution is -0.122. The van der Waals surface area contributed by atoms with Crippen LogP contribution in [0.5, 0.6) is 5.75 Å². The van der Waals surface area contributed by atoms with E-state index in [9.17, 15) is 4.79 Å². The maximum absolute atomic E-state index is 11.9. The molecule has 4 rings (SSSR count). The Morgan fingerprint density at radius 1 is 1.41 bits per heavy atom. The number of hydrazone groups is 1. The van der Waals surface area contributed by atoms with Crippen molar-refractivity contribution in [2.45, 2.75) is 25.8 Å². The summed E-state index contributed by atoms with van der Waals surface area (Å²) in [7, 11) is 0. The second-order valence-electron chi connectivity index (χ2n) is 6.27. The summed E-state index contributed by atoms with van der Waals surface area (Å²) >= 11 is 0. The number of fused-ring (bicyclic) bond motifs is 3. The van der Waals surface area contributed by atoms with Crippen LogP contribution in [0.3, 0.4) is 0 Å². The number of amidine groups is 1. The molecule has 3 aliphatic heterocycles. The van der Waals surface area contributed by atoms with Crippen molar-refractivity contribution in [3.63, 3.8) is 0 Å². The van der Waals surface area contributed by atoms with Crippen LogP contribution in [0.2, 0.25) is 0 Å². The van der Waals surface area contributed by atoms with Gasteiger partial charge < -0.3 is 15.0 Å². The largest absolute Gasteiger partial charge is 0.483 e. The van der Waals surface area contributed by atoms with Crippen molar-refractivity contribution in [3.05, 3.63) is 23.8 Å². The van der Waals surface area contributed by atoms with E-state index in [1.54, 1.807) is 0 Å². The second kappa shape index (κ2) is 4.98. The lowest BCUT2D eigenvalue weighted by Crippen LogP contribution is -2.55. The number of nitrogens with one attached hydrogen (secondary N) is 2. The van der Waals surface area contributed by atoms with Crippen molar-refractivity contribution in [1.82, 2.24) is 10.7 Å². The summed E-state index contributed by atoms with van der Waals surface area (Å²) in [6.07, 6.45) is 0. The lowest BCUT2D eigenvalue weighted by atomic mass is 9.83. The van der Waals surface area contributed by atoms with E-state index in [-0.39, 0.29) is 11.9 Å². The van der Waals surface area contributed by atoms with Gasteiger partial charge in [-0.3, -0.25) is 4.79 Å². The summed E-state index contributed by atoms with van der Waals surface area (Å²) in [5.41, 5.74) is 4.79. The highest BCUT2D eigenvalue weighted by molar-refractivity contribution is 6.09. The summed E-state index contributed by atoms with van der Waals surface area (Å²) in [4.78, 5) is 13.9. The Labute approximate surface area is 129 Å². The molecule has 6 nitrogen and oxygen atoms in total. The summed E-state index contributed by atoms with van der Waals surface area (Å²) in [5.74, 6) is 2.66. The average Bonchev–Trinajstić information content (AvgIpc) is 2.48. The number of anilines is 1. The van der Waals surface area contributed by atoms with Gasteiger partial charge in [0.1, 0.15) is 18.4 Å². The number of nitrogens with zero attached hydrogens (tertiary/aromatic N) is 2. The third-order valence-electron chi connectivity index (χ3n) is 4.99. The number of benzene rings is 1. The Kier molecular flexibility index (Phi) is 3.07. The van der Waals surface area contributed by atoms with Gasteiger partial charge in [0, 0.05) is 0 Å². The zero-order valence-corrected chi connectivity index (χ0v) is 12.8. The first kappa shape index (κ1) is 13.6. The Hall–Kier alpha value is -2.08. The molecule has 2 N–H and O–H groups in total. The molecule has 22 heavy (non-hydrogen) atoms. The molecule has 6 heteroatoms. The molecule has 116 valence electrons. The first-order chi connectivity index (χ1) is 10.6. The molecule has 0 spiro atoms. The van der Waals surface area contributed by atoms with Crippen molar-refractivity contribution < 1.29 is 9.53 Å². The molecule has 1 amide bonds. The average molecular weight is 300 g/mol. The van der Waals surface area contributed by atoms with E-state index in [2.05, 4.69) is 34.9 Å². The van der Waals surface area contributed by atoms with Crippen LogP contribution in [0, 0.1) is 5.92 Å². The minimum absolute atomic E-state index is 0.0850. The maximum Gasteiger partial charge on any atom is 0.262 e. The van der Waals surface area contributed by atoms with Crippen molar-refractivity contribution in [1.29, 1.82) is 0 Å². The SMILES string of the molecule is CC1C(=O)NN=C2COc3ccc([C@H](C)C4CNC4)cc3N21. The Bertz CT molecular complexity index is 654. The smallest absolute Gasteiger partial charge is 0.262 e. The third kappa shape index (κ3) is 1.98. The molecule has 0 aromatic heterocycles. The van der Waals surface area contributed by atoms with E-state index in [0.717, 1.165) is 30.4 Å². The van der Waals surface area contributed by atoms with Gasteiger partial charge in [0.15, 0.2) is 5.84 Å². The molecule has 1 fully saturated rings. The lowest BCUT2D eigenvalue weighted by Gasteiger charge is -2.39. The summed E-state index contributed by atoms with van der Waals surface area (Å²) in [5, 5.41) is 7.45. The van der Waals surface area contributed by atoms with Gasteiger partial charge >= 0.3 is 0 Å². The normalized spacial score (nSPS) is 25.2. The number of ether oxygens (including phenoxy) is 1. The summed E-state index contributed by atoms with van der Waals surface area (Å²) in [6.45, 7) is 6.69. The quantitative estimate of drug-likeness (QED) is 0.856. The predicted octanol–water partition coefficient (Wildman–Crippen LogP) is 1.04. The van der Waals surface area contributed by atoms with E-state index in [1.807, 2.05) is 17.9 Å². The maximum atomic E-state index is 11.9. The van der Waals surface area contributed by atoms with Gasteiger partial charge in [-0.15, -0.1) is 0 Å². The molecule has 1 aromatic rings. The Balaban J connectivity index is 1.73. The van der Waals surface area contributed by atoms with Crippen LogP contribution in [-0.2, 0) is 4.79 Å². The highest BCUT2D eigenvalue weighted by atomic mass is 16.5.